The van der Waals surface area contributed by atoms with Crippen molar-refractivity contribution in [1.29, 1.82) is 0 Å². The Morgan fingerprint density at radius 2 is 1.71 bits per heavy atom. The lowest BCUT2D eigenvalue weighted by molar-refractivity contribution is 0.0949. The summed E-state index contributed by atoms with van der Waals surface area (Å²) in [4.78, 5) is 26.4. The maximum absolute atomic E-state index is 13.4. The number of nitrogens with zero attached hydrogens (tertiary/aromatic N) is 2. The second-order valence-corrected chi connectivity index (χ2v) is 11.7. The van der Waals surface area contributed by atoms with Gasteiger partial charge in [0.1, 0.15) is 5.56 Å². The molecule has 1 aliphatic rings. The molecule has 8 heteroatoms. The number of nitrogens with one attached hydrogen (secondary N) is 1. The summed E-state index contributed by atoms with van der Waals surface area (Å²) >= 11 is 0. The Balaban J connectivity index is 1.70. The molecule has 7 nitrogen and oxygen atoms in total. The number of carbonyl (C=O) groups excluding carboxylic acids is 1. The van der Waals surface area contributed by atoms with Gasteiger partial charge in [0.15, 0.2) is 0 Å². The minimum Gasteiger partial charge on any atom is -0.348 e. The molecule has 1 amide bonds. The molecule has 0 radical (unpaired) electrons. The number of sulfonamides is 1. The fourth-order valence-electron chi connectivity index (χ4n) is 4.89. The number of aryl methyl sites for hydroxylation is 2. The Labute approximate surface area is 206 Å². The van der Waals surface area contributed by atoms with Crippen LogP contribution in [0.25, 0.3) is 10.9 Å². The fraction of sp³-hybridized carbons (Fsp3) is 0.407. The molecule has 4 rings (SSSR count). The molecule has 0 bridgehead atoms. The van der Waals surface area contributed by atoms with E-state index < -0.39 is 21.4 Å². The maximum atomic E-state index is 13.4. The third-order valence-electron chi connectivity index (χ3n) is 6.68. The number of carbonyl (C=O) groups is 1. The number of fused-ring (bicyclic) bond motifs is 1. The van der Waals surface area contributed by atoms with Gasteiger partial charge in [-0.15, -0.1) is 0 Å². The third kappa shape index (κ3) is 5.18. The molecule has 1 saturated heterocycles. The molecule has 0 spiro atoms. The highest BCUT2D eigenvalue weighted by molar-refractivity contribution is 7.89. The van der Waals surface area contributed by atoms with Gasteiger partial charge in [-0.1, -0.05) is 43.7 Å². The molecule has 0 aliphatic carbocycles. The zero-order chi connectivity index (χ0) is 25.3. The van der Waals surface area contributed by atoms with Crippen LogP contribution in [0.2, 0.25) is 0 Å². The quantitative estimate of drug-likeness (QED) is 0.561. The Kier molecular flexibility index (Phi) is 7.15. The zero-order valence-corrected chi connectivity index (χ0v) is 21.6. The van der Waals surface area contributed by atoms with Gasteiger partial charge in [-0.3, -0.25) is 9.59 Å². The number of amides is 1. The molecule has 2 atom stereocenters. The number of rotatable bonds is 6. The Bertz CT molecular complexity index is 1400. The second kappa shape index (κ2) is 9.95. The molecule has 186 valence electrons. The van der Waals surface area contributed by atoms with E-state index in [2.05, 4.69) is 19.2 Å². The van der Waals surface area contributed by atoms with Crippen molar-refractivity contribution in [3.05, 3.63) is 75.6 Å². The van der Waals surface area contributed by atoms with Crippen LogP contribution in [0.15, 0.2) is 58.4 Å². The molecule has 2 aromatic carbocycles. The largest absolute Gasteiger partial charge is 0.348 e. The van der Waals surface area contributed by atoms with E-state index in [-0.39, 0.29) is 27.7 Å². The Morgan fingerprint density at radius 3 is 2.34 bits per heavy atom. The van der Waals surface area contributed by atoms with Crippen molar-refractivity contribution in [3.63, 3.8) is 0 Å². The van der Waals surface area contributed by atoms with Crippen molar-refractivity contribution in [2.75, 3.05) is 13.1 Å². The summed E-state index contributed by atoms with van der Waals surface area (Å²) in [6.45, 7) is 9.77. The van der Waals surface area contributed by atoms with Gasteiger partial charge in [0.25, 0.3) is 5.91 Å². The van der Waals surface area contributed by atoms with Gasteiger partial charge in [-0.2, -0.15) is 4.31 Å². The summed E-state index contributed by atoms with van der Waals surface area (Å²) in [7, 11) is -3.75. The summed E-state index contributed by atoms with van der Waals surface area (Å²) in [6.07, 6.45) is 2.54. The zero-order valence-electron chi connectivity index (χ0n) is 20.7. The van der Waals surface area contributed by atoms with Gasteiger partial charge in [-0.25, -0.2) is 8.42 Å². The number of benzene rings is 2. The molecule has 1 fully saturated rings. The first-order valence-corrected chi connectivity index (χ1v) is 13.5. The van der Waals surface area contributed by atoms with Crippen LogP contribution in [0.3, 0.4) is 0 Å². The first kappa shape index (κ1) is 25.1. The second-order valence-electron chi connectivity index (χ2n) is 9.77. The van der Waals surface area contributed by atoms with Crippen molar-refractivity contribution >= 4 is 26.8 Å². The number of piperidine rings is 1. The topological polar surface area (TPSA) is 88.5 Å². The van der Waals surface area contributed by atoms with Gasteiger partial charge < -0.3 is 9.88 Å². The SMILES string of the molecule is CCn1cc(C(=O)NCc2ccc(C)cc2)c(=O)c2cc(S(=O)(=O)N3C[C@H](C)C[C@H](C)C3)ccc21. The van der Waals surface area contributed by atoms with E-state index in [4.69, 9.17) is 0 Å². The van der Waals surface area contributed by atoms with Crippen LogP contribution in [0.5, 0.6) is 0 Å². The number of aromatic nitrogens is 1. The lowest BCUT2D eigenvalue weighted by Gasteiger charge is -2.34. The van der Waals surface area contributed by atoms with E-state index in [9.17, 15) is 18.0 Å². The standard InChI is InChI=1S/C27H33N3O4S/c1-5-29-17-24(27(32)28-14-21-8-6-18(2)7-9-21)26(31)23-13-22(10-11-25(23)29)35(33,34)30-15-19(3)12-20(4)16-30/h6-11,13,17,19-20H,5,12,14-16H2,1-4H3,(H,28,32)/t19-,20+. The molecule has 2 heterocycles. The van der Waals surface area contributed by atoms with Gasteiger partial charge >= 0.3 is 0 Å². The van der Waals surface area contributed by atoms with E-state index in [0.29, 0.717) is 31.7 Å². The predicted octanol–water partition coefficient (Wildman–Crippen LogP) is 3.93. The number of hydrogen-bond donors (Lipinski definition) is 1. The van der Waals surface area contributed by atoms with Gasteiger partial charge in [0.2, 0.25) is 15.5 Å². The number of pyridine rings is 1. The molecular weight excluding hydrogens is 462 g/mol. The van der Waals surface area contributed by atoms with Crippen molar-refractivity contribution < 1.29 is 13.2 Å². The smallest absolute Gasteiger partial charge is 0.257 e. The number of hydrogen-bond acceptors (Lipinski definition) is 4. The van der Waals surface area contributed by atoms with Crippen LogP contribution in [-0.2, 0) is 23.1 Å². The third-order valence-corrected chi connectivity index (χ3v) is 8.51. The Morgan fingerprint density at radius 1 is 1.06 bits per heavy atom. The first-order valence-electron chi connectivity index (χ1n) is 12.1. The van der Waals surface area contributed by atoms with Gasteiger partial charge in [0, 0.05) is 37.8 Å². The summed E-state index contributed by atoms with van der Waals surface area (Å²) in [5, 5.41) is 3.05. The maximum Gasteiger partial charge on any atom is 0.257 e. The highest BCUT2D eigenvalue weighted by Gasteiger charge is 2.32. The molecule has 1 N–H and O–H groups in total. The van der Waals surface area contributed by atoms with Crippen LogP contribution in [0, 0.1) is 18.8 Å². The average Bonchev–Trinajstić information content (AvgIpc) is 2.83. The van der Waals surface area contributed by atoms with Crippen LogP contribution < -0.4 is 10.7 Å². The Hall–Kier alpha value is -2.97. The lowest BCUT2D eigenvalue weighted by atomic mass is 9.94. The first-order chi connectivity index (χ1) is 16.6. The van der Waals surface area contributed by atoms with Gasteiger partial charge in [0.05, 0.1) is 10.4 Å². The van der Waals surface area contributed by atoms with Crippen molar-refractivity contribution in [1.82, 2.24) is 14.2 Å². The molecular formula is C27H33N3O4S. The molecule has 1 aromatic heterocycles. The van der Waals surface area contributed by atoms with Crippen LogP contribution in [0.4, 0.5) is 0 Å². The minimum atomic E-state index is -3.75. The molecule has 0 saturated carbocycles. The van der Waals surface area contributed by atoms with Crippen molar-refractivity contribution in [2.24, 2.45) is 11.8 Å². The van der Waals surface area contributed by atoms with Gasteiger partial charge in [-0.05, 0) is 55.9 Å². The van der Waals surface area contributed by atoms with E-state index in [1.54, 1.807) is 22.9 Å². The van der Waals surface area contributed by atoms with Crippen LogP contribution in [0.1, 0.15) is 48.7 Å². The monoisotopic (exact) mass is 495 g/mol. The molecule has 3 aromatic rings. The molecule has 35 heavy (non-hydrogen) atoms. The summed E-state index contributed by atoms with van der Waals surface area (Å²) in [5.74, 6) is 0.0665. The predicted molar refractivity (Wildman–Crippen MR) is 138 cm³/mol. The van der Waals surface area contributed by atoms with E-state index in [1.807, 2.05) is 38.1 Å². The highest BCUT2D eigenvalue weighted by atomic mass is 32.2. The normalized spacial score (nSPS) is 19.1. The molecule has 0 unspecified atom stereocenters. The van der Waals surface area contributed by atoms with Crippen molar-refractivity contribution in [2.45, 2.75) is 52.1 Å². The minimum absolute atomic E-state index is 0.00114. The van der Waals surface area contributed by atoms with Crippen LogP contribution in [-0.4, -0.2) is 36.3 Å². The van der Waals surface area contributed by atoms with E-state index >= 15 is 0 Å². The molecule has 1 aliphatic heterocycles. The fourth-order valence-corrected chi connectivity index (χ4v) is 6.60. The van der Waals surface area contributed by atoms with E-state index in [0.717, 1.165) is 17.5 Å². The summed E-state index contributed by atoms with van der Waals surface area (Å²) in [6, 6.07) is 12.4. The van der Waals surface area contributed by atoms with E-state index in [1.165, 1.54) is 10.4 Å². The summed E-state index contributed by atoms with van der Waals surface area (Å²) in [5.41, 5.74) is 2.19. The summed E-state index contributed by atoms with van der Waals surface area (Å²) < 4.78 is 30.2. The van der Waals surface area contributed by atoms with Crippen molar-refractivity contribution in [3.8, 4) is 0 Å². The van der Waals surface area contributed by atoms with Crippen LogP contribution >= 0.6 is 0 Å². The highest BCUT2D eigenvalue weighted by Crippen LogP contribution is 2.28. The average molecular weight is 496 g/mol. The lowest BCUT2D eigenvalue weighted by Crippen LogP contribution is -2.42.